The number of carbonyl (C=O) groups excluding carboxylic acids is 1. The van der Waals surface area contributed by atoms with E-state index in [4.69, 9.17) is 4.74 Å². The molecule has 172 valence electrons. The number of guanidine groups is 1. The Morgan fingerprint density at radius 3 is 2.50 bits per heavy atom. The van der Waals surface area contributed by atoms with E-state index < -0.39 is 0 Å². The molecule has 2 heterocycles. The summed E-state index contributed by atoms with van der Waals surface area (Å²) in [6.07, 6.45) is 3.86. The first kappa shape index (κ1) is 23.3. The number of hydrogen-bond acceptors (Lipinski definition) is 6. The van der Waals surface area contributed by atoms with Crippen LogP contribution in [0, 0.1) is 6.92 Å². The van der Waals surface area contributed by atoms with Gasteiger partial charge in [0.25, 0.3) is 0 Å². The van der Waals surface area contributed by atoms with Crippen molar-refractivity contribution < 1.29 is 9.53 Å². The molecule has 1 aliphatic rings. The molecule has 1 saturated heterocycles. The van der Waals surface area contributed by atoms with Gasteiger partial charge in [-0.15, -0.1) is 0 Å². The smallest absolute Gasteiger partial charge is 0.225 e. The first-order valence-corrected chi connectivity index (χ1v) is 11.2. The predicted molar refractivity (Wildman–Crippen MR) is 126 cm³/mol. The third-order valence-electron chi connectivity index (χ3n) is 5.09. The quantitative estimate of drug-likeness (QED) is 0.347. The molecule has 9 heteroatoms. The number of aliphatic imine (C=N–C) groups is 1. The number of nitrogens with zero attached hydrogens (tertiary/aromatic N) is 5. The number of benzene rings is 1. The minimum Gasteiger partial charge on any atom is -0.492 e. The summed E-state index contributed by atoms with van der Waals surface area (Å²) in [5.41, 5.74) is 1.21. The number of aryl methyl sites for hydroxylation is 1. The number of amides is 1. The van der Waals surface area contributed by atoms with Gasteiger partial charge in [0.2, 0.25) is 11.9 Å². The molecule has 1 aromatic carbocycles. The summed E-state index contributed by atoms with van der Waals surface area (Å²) in [6, 6.07) is 9.79. The monoisotopic (exact) mass is 439 g/mol. The lowest BCUT2D eigenvalue weighted by atomic mass is 10.2. The van der Waals surface area contributed by atoms with E-state index in [2.05, 4.69) is 37.4 Å². The second-order valence-electron chi connectivity index (χ2n) is 7.52. The van der Waals surface area contributed by atoms with Crippen molar-refractivity contribution >= 4 is 17.8 Å². The average Bonchev–Trinajstić information content (AvgIpc) is 2.83. The van der Waals surface area contributed by atoms with Crippen molar-refractivity contribution in [3.8, 4) is 5.75 Å². The van der Waals surface area contributed by atoms with Crippen LogP contribution in [0.3, 0.4) is 0 Å². The number of ether oxygens (including phenoxy) is 1. The van der Waals surface area contributed by atoms with E-state index in [0.717, 1.165) is 31.3 Å². The maximum atomic E-state index is 12.6. The van der Waals surface area contributed by atoms with Gasteiger partial charge >= 0.3 is 0 Å². The van der Waals surface area contributed by atoms with Gasteiger partial charge in [0, 0.05) is 51.5 Å². The zero-order valence-corrected chi connectivity index (χ0v) is 19.0. The SMILES string of the molecule is CCNC(=NCCC(=O)N1CCN(c2ncccn2)CC1)NCCOc1ccc(C)cc1. The molecular weight excluding hydrogens is 406 g/mol. The Kier molecular flexibility index (Phi) is 9.09. The molecule has 32 heavy (non-hydrogen) atoms. The van der Waals surface area contributed by atoms with Crippen LogP contribution in [-0.4, -0.2) is 79.2 Å². The second kappa shape index (κ2) is 12.5. The van der Waals surface area contributed by atoms with Crippen LogP contribution >= 0.6 is 0 Å². The van der Waals surface area contributed by atoms with Crippen LogP contribution in [0.1, 0.15) is 18.9 Å². The van der Waals surface area contributed by atoms with E-state index in [0.29, 0.717) is 45.2 Å². The van der Waals surface area contributed by atoms with Gasteiger partial charge in [-0.25, -0.2) is 9.97 Å². The highest BCUT2D eigenvalue weighted by Gasteiger charge is 2.22. The highest BCUT2D eigenvalue weighted by atomic mass is 16.5. The Hall–Kier alpha value is -3.36. The summed E-state index contributed by atoms with van der Waals surface area (Å²) in [6.45, 7) is 9.24. The molecule has 0 bridgehead atoms. The van der Waals surface area contributed by atoms with Crippen molar-refractivity contribution in [3.05, 3.63) is 48.3 Å². The highest BCUT2D eigenvalue weighted by molar-refractivity contribution is 5.81. The molecule has 0 saturated carbocycles. The Morgan fingerprint density at radius 1 is 1.09 bits per heavy atom. The molecule has 9 nitrogen and oxygen atoms in total. The normalized spacial score (nSPS) is 14.2. The fraction of sp³-hybridized carbons (Fsp3) is 0.478. The molecule has 1 aromatic heterocycles. The van der Waals surface area contributed by atoms with Crippen molar-refractivity contribution in [1.29, 1.82) is 0 Å². The summed E-state index contributed by atoms with van der Waals surface area (Å²) < 4.78 is 5.73. The number of hydrogen-bond donors (Lipinski definition) is 2. The largest absolute Gasteiger partial charge is 0.492 e. The van der Waals surface area contributed by atoms with Crippen molar-refractivity contribution in [1.82, 2.24) is 25.5 Å². The first-order chi connectivity index (χ1) is 15.7. The van der Waals surface area contributed by atoms with E-state index in [9.17, 15) is 4.79 Å². The number of carbonyl (C=O) groups is 1. The lowest BCUT2D eigenvalue weighted by Crippen LogP contribution is -2.49. The van der Waals surface area contributed by atoms with Gasteiger partial charge in [0.05, 0.1) is 13.1 Å². The van der Waals surface area contributed by atoms with Gasteiger partial charge in [0.1, 0.15) is 12.4 Å². The van der Waals surface area contributed by atoms with E-state index in [-0.39, 0.29) is 5.91 Å². The summed E-state index contributed by atoms with van der Waals surface area (Å²) in [7, 11) is 0. The zero-order valence-electron chi connectivity index (χ0n) is 19.0. The summed E-state index contributed by atoms with van der Waals surface area (Å²) >= 11 is 0. The van der Waals surface area contributed by atoms with Crippen LogP contribution < -0.4 is 20.3 Å². The van der Waals surface area contributed by atoms with Crippen molar-refractivity contribution in [2.24, 2.45) is 4.99 Å². The van der Waals surface area contributed by atoms with Crippen LogP contribution in [0.15, 0.2) is 47.7 Å². The van der Waals surface area contributed by atoms with Crippen LogP contribution in [0.2, 0.25) is 0 Å². The first-order valence-electron chi connectivity index (χ1n) is 11.2. The summed E-state index contributed by atoms with van der Waals surface area (Å²) in [4.78, 5) is 29.7. The van der Waals surface area contributed by atoms with Gasteiger partial charge in [-0.05, 0) is 32.0 Å². The van der Waals surface area contributed by atoms with E-state index in [1.165, 1.54) is 5.56 Å². The molecule has 0 radical (unpaired) electrons. The maximum Gasteiger partial charge on any atom is 0.225 e. The summed E-state index contributed by atoms with van der Waals surface area (Å²) in [5.74, 6) is 2.39. The Labute approximate surface area is 189 Å². The number of aromatic nitrogens is 2. The average molecular weight is 440 g/mol. The van der Waals surface area contributed by atoms with E-state index in [1.807, 2.05) is 36.1 Å². The molecule has 1 fully saturated rings. The Balaban J connectivity index is 1.36. The maximum absolute atomic E-state index is 12.6. The van der Waals surface area contributed by atoms with Gasteiger partial charge in [-0.1, -0.05) is 17.7 Å². The number of piperazine rings is 1. The number of anilines is 1. The van der Waals surface area contributed by atoms with Gasteiger partial charge in [-0.3, -0.25) is 9.79 Å². The fourth-order valence-electron chi connectivity index (χ4n) is 3.35. The van der Waals surface area contributed by atoms with Gasteiger partial charge < -0.3 is 25.2 Å². The van der Waals surface area contributed by atoms with Gasteiger partial charge in [0.15, 0.2) is 5.96 Å². The molecular formula is C23H33N7O2. The molecule has 0 spiro atoms. The van der Waals surface area contributed by atoms with Crippen molar-refractivity contribution in [3.63, 3.8) is 0 Å². The fourth-order valence-corrected chi connectivity index (χ4v) is 3.35. The molecule has 0 atom stereocenters. The van der Waals surface area contributed by atoms with Crippen LogP contribution in [0.5, 0.6) is 5.75 Å². The third kappa shape index (κ3) is 7.40. The minimum absolute atomic E-state index is 0.126. The van der Waals surface area contributed by atoms with Crippen molar-refractivity contribution in [2.75, 3.05) is 57.3 Å². The molecule has 0 aliphatic carbocycles. The van der Waals surface area contributed by atoms with Crippen molar-refractivity contribution in [2.45, 2.75) is 20.3 Å². The molecule has 1 amide bonds. The van der Waals surface area contributed by atoms with E-state index >= 15 is 0 Å². The standard InChI is InChI=1S/C23H33N7O2/c1-3-24-22(26-13-18-32-20-7-5-19(2)6-8-20)25-12-9-21(31)29-14-16-30(17-15-29)23-27-10-4-11-28-23/h4-8,10-11H,3,9,12-18H2,1-2H3,(H2,24,25,26). The molecule has 1 aliphatic heterocycles. The highest BCUT2D eigenvalue weighted by Crippen LogP contribution is 2.11. The molecule has 3 rings (SSSR count). The minimum atomic E-state index is 0.126. The molecule has 2 N–H and O–H groups in total. The van der Waals surface area contributed by atoms with Crippen LogP contribution in [0.4, 0.5) is 5.95 Å². The number of nitrogens with one attached hydrogen (secondary N) is 2. The zero-order chi connectivity index (χ0) is 22.6. The topological polar surface area (TPSA) is 95.0 Å². The summed E-state index contributed by atoms with van der Waals surface area (Å²) in [5, 5.41) is 6.45. The lowest BCUT2D eigenvalue weighted by molar-refractivity contribution is -0.131. The van der Waals surface area contributed by atoms with Crippen LogP contribution in [0.25, 0.3) is 0 Å². The molecule has 0 unspecified atom stereocenters. The van der Waals surface area contributed by atoms with Crippen LogP contribution in [-0.2, 0) is 4.79 Å². The lowest BCUT2D eigenvalue weighted by Gasteiger charge is -2.34. The molecule has 2 aromatic rings. The Morgan fingerprint density at radius 2 is 1.81 bits per heavy atom. The van der Waals surface area contributed by atoms with E-state index in [1.54, 1.807) is 18.5 Å². The second-order valence-corrected chi connectivity index (χ2v) is 7.52. The predicted octanol–water partition coefficient (Wildman–Crippen LogP) is 1.46. The third-order valence-corrected chi connectivity index (χ3v) is 5.09. The Bertz CT molecular complexity index is 850. The number of rotatable bonds is 9. The van der Waals surface area contributed by atoms with Gasteiger partial charge in [-0.2, -0.15) is 0 Å².